The van der Waals surface area contributed by atoms with Crippen LogP contribution in [0.15, 0.2) is 30.5 Å². The lowest BCUT2D eigenvalue weighted by Crippen LogP contribution is -2.49. The molecule has 2 heterocycles. The van der Waals surface area contributed by atoms with Crippen molar-refractivity contribution in [1.29, 1.82) is 0 Å². The molecule has 0 aromatic heterocycles. The van der Waals surface area contributed by atoms with Gasteiger partial charge in [0, 0.05) is 31.0 Å². The van der Waals surface area contributed by atoms with Crippen LogP contribution < -0.4 is 15.4 Å². The van der Waals surface area contributed by atoms with Crippen LogP contribution in [0, 0.1) is 5.92 Å². The lowest BCUT2D eigenvalue weighted by molar-refractivity contribution is -0.126. The molecule has 7 heteroatoms. The first-order valence-corrected chi connectivity index (χ1v) is 12.9. The van der Waals surface area contributed by atoms with Gasteiger partial charge in [0.05, 0.1) is 6.10 Å². The fraction of sp³-hybridized carbons (Fsp3) is 0.630. The van der Waals surface area contributed by atoms with Gasteiger partial charge in [-0.25, -0.2) is 0 Å². The number of allylic oxidation sites excluding steroid dienone is 1. The highest BCUT2D eigenvalue weighted by molar-refractivity contribution is 6.01. The van der Waals surface area contributed by atoms with Crippen LogP contribution >= 0.6 is 0 Å². The van der Waals surface area contributed by atoms with Crippen molar-refractivity contribution >= 4 is 11.8 Å². The number of ether oxygens (including phenoxy) is 2. The second-order valence-electron chi connectivity index (χ2n) is 10.4. The van der Waals surface area contributed by atoms with E-state index in [1.807, 2.05) is 25.3 Å². The van der Waals surface area contributed by atoms with E-state index in [4.69, 9.17) is 9.47 Å². The number of methoxy groups -OCH3 is 1. The maximum Gasteiger partial charge on any atom is 0.255 e. The molecule has 1 saturated heterocycles. The van der Waals surface area contributed by atoms with Gasteiger partial charge < -0.3 is 25.0 Å². The predicted molar refractivity (Wildman–Crippen MR) is 129 cm³/mol. The van der Waals surface area contributed by atoms with Gasteiger partial charge in [0.25, 0.3) is 5.91 Å². The molecule has 184 valence electrons. The van der Waals surface area contributed by atoms with E-state index in [1.54, 1.807) is 4.90 Å². The highest BCUT2D eigenvalue weighted by atomic mass is 16.5. The molecule has 0 bridgehead atoms. The number of hydrogen-bond donors (Lipinski definition) is 2. The van der Waals surface area contributed by atoms with Crippen molar-refractivity contribution < 1.29 is 19.1 Å². The van der Waals surface area contributed by atoms with E-state index < -0.39 is 6.04 Å². The molecule has 3 fully saturated rings. The van der Waals surface area contributed by atoms with E-state index in [9.17, 15) is 9.59 Å². The molecule has 2 saturated carbocycles. The summed E-state index contributed by atoms with van der Waals surface area (Å²) in [6, 6.07) is 5.69. The SMILES string of the molecule is C=C1CCC(N2Cc3cc(O[C@H]4CCC[C@H]4NCC4CCC(OC)CC4)ccc3C2=O)C(=O)N1. The molecule has 3 atom stereocenters. The minimum atomic E-state index is -0.433. The van der Waals surface area contributed by atoms with Gasteiger partial charge in [-0.1, -0.05) is 6.58 Å². The molecule has 4 aliphatic rings. The summed E-state index contributed by atoms with van der Waals surface area (Å²) in [6.07, 6.45) is 10.0. The number of nitrogens with one attached hydrogen (secondary N) is 2. The lowest BCUT2D eigenvalue weighted by atomic mass is 9.87. The third-order valence-electron chi connectivity index (χ3n) is 8.14. The van der Waals surface area contributed by atoms with E-state index in [0.717, 1.165) is 61.6 Å². The topological polar surface area (TPSA) is 79.9 Å². The third kappa shape index (κ3) is 4.86. The van der Waals surface area contributed by atoms with Crippen molar-refractivity contribution in [3.8, 4) is 5.75 Å². The molecule has 5 rings (SSSR count). The van der Waals surface area contributed by atoms with Gasteiger partial charge in [0.15, 0.2) is 0 Å². The summed E-state index contributed by atoms with van der Waals surface area (Å²) in [5.74, 6) is 1.33. The Morgan fingerprint density at radius 1 is 1.12 bits per heavy atom. The summed E-state index contributed by atoms with van der Waals surface area (Å²) in [6.45, 7) is 5.33. The van der Waals surface area contributed by atoms with Gasteiger partial charge >= 0.3 is 0 Å². The minimum absolute atomic E-state index is 0.0715. The monoisotopic (exact) mass is 467 g/mol. The highest BCUT2D eigenvalue weighted by Crippen LogP contribution is 2.33. The van der Waals surface area contributed by atoms with Gasteiger partial charge in [-0.3, -0.25) is 9.59 Å². The smallest absolute Gasteiger partial charge is 0.255 e. The zero-order valence-electron chi connectivity index (χ0n) is 20.2. The first-order valence-electron chi connectivity index (χ1n) is 12.9. The van der Waals surface area contributed by atoms with Gasteiger partial charge in [-0.05, 0) is 94.0 Å². The van der Waals surface area contributed by atoms with Crippen LogP contribution in [-0.2, 0) is 16.1 Å². The van der Waals surface area contributed by atoms with Crippen molar-refractivity contribution in [1.82, 2.24) is 15.5 Å². The predicted octanol–water partition coefficient (Wildman–Crippen LogP) is 3.53. The van der Waals surface area contributed by atoms with Crippen molar-refractivity contribution in [2.75, 3.05) is 13.7 Å². The van der Waals surface area contributed by atoms with E-state index in [1.165, 1.54) is 12.8 Å². The molecular weight excluding hydrogens is 430 g/mol. The maximum absolute atomic E-state index is 13.0. The lowest BCUT2D eigenvalue weighted by Gasteiger charge is -2.30. The number of carbonyl (C=O) groups is 2. The molecule has 2 aliphatic carbocycles. The van der Waals surface area contributed by atoms with Crippen LogP contribution in [0.25, 0.3) is 0 Å². The summed E-state index contributed by atoms with van der Waals surface area (Å²) in [7, 11) is 1.82. The van der Waals surface area contributed by atoms with Crippen LogP contribution in [-0.4, -0.2) is 54.7 Å². The highest BCUT2D eigenvalue weighted by Gasteiger charge is 2.38. The first kappa shape index (κ1) is 23.4. The van der Waals surface area contributed by atoms with Crippen LogP contribution in [0.5, 0.6) is 5.75 Å². The normalized spacial score (nSPS) is 31.5. The quantitative estimate of drug-likeness (QED) is 0.641. The second kappa shape index (κ2) is 10.1. The maximum atomic E-state index is 13.0. The van der Waals surface area contributed by atoms with Crippen LogP contribution in [0.2, 0.25) is 0 Å². The largest absolute Gasteiger partial charge is 0.489 e. The number of carbonyl (C=O) groups excluding carboxylic acids is 2. The molecule has 2 N–H and O–H groups in total. The molecule has 34 heavy (non-hydrogen) atoms. The summed E-state index contributed by atoms with van der Waals surface area (Å²) in [5, 5.41) is 6.59. The Bertz CT molecular complexity index is 940. The standard InChI is InChI=1S/C27H37N3O4/c1-17-6-13-24(26(31)29-17)30-16-19-14-21(11-12-22(19)27(30)32)34-25-5-3-4-23(25)28-15-18-7-9-20(33-2)10-8-18/h11-12,14,18,20,23-25,28H,1,3-10,13,15-16H2,2H3,(H,29,31)/t18?,20?,23-,24?,25+/m1/s1. The van der Waals surface area contributed by atoms with Gasteiger partial charge in [-0.2, -0.15) is 0 Å². The molecular formula is C27H37N3O4. The molecule has 0 radical (unpaired) electrons. The third-order valence-corrected chi connectivity index (χ3v) is 8.14. The number of benzene rings is 1. The average molecular weight is 468 g/mol. The Labute approximate surface area is 202 Å². The minimum Gasteiger partial charge on any atom is -0.489 e. The van der Waals surface area contributed by atoms with E-state index in [-0.39, 0.29) is 17.9 Å². The fourth-order valence-corrected chi connectivity index (χ4v) is 6.07. The molecule has 1 aromatic rings. The average Bonchev–Trinajstić information content (AvgIpc) is 3.41. The summed E-state index contributed by atoms with van der Waals surface area (Å²) < 4.78 is 11.9. The number of fused-ring (bicyclic) bond motifs is 1. The number of rotatable bonds is 7. The van der Waals surface area contributed by atoms with Crippen LogP contribution in [0.4, 0.5) is 0 Å². The molecule has 0 spiro atoms. The van der Waals surface area contributed by atoms with Crippen molar-refractivity contribution in [3.63, 3.8) is 0 Å². The Hall–Kier alpha value is -2.38. The van der Waals surface area contributed by atoms with Gasteiger partial charge in [0.2, 0.25) is 5.91 Å². The van der Waals surface area contributed by atoms with Gasteiger partial charge in [-0.15, -0.1) is 0 Å². The van der Waals surface area contributed by atoms with E-state index in [2.05, 4.69) is 17.2 Å². The first-order chi connectivity index (χ1) is 16.5. The van der Waals surface area contributed by atoms with Crippen molar-refractivity contribution in [3.05, 3.63) is 41.6 Å². The Morgan fingerprint density at radius 2 is 1.94 bits per heavy atom. The molecule has 2 aliphatic heterocycles. The summed E-state index contributed by atoms with van der Waals surface area (Å²) in [4.78, 5) is 27.1. The van der Waals surface area contributed by atoms with E-state index in [0.29, 0.717) is 37.1 Å². The second-order valence-corrected chi connectivity index (χ2v) is 10.4. The van der Waals surface area contributed by atoms with Crippen LogP contribution in [0.3, 0.4) is 0 Å². The number of nitrogens with zero attached hydrogens (tertiary/aromatic N) is 1. The molecule has 2 amide bonds. The summed E-state index contributed by atoms with van der Waals surface area (Å²) >= 11 is 0. The molecule has 1 aromatic carbocycles. The van der Waals surface area contributed by atoms with Gasteiger partial charge in [0.1, 0.15) is 17.9 Å². The number of amides is 2. The van der Waals surface area contributed by atoms with E-state index >= 15 is 0 Å². The Balaban J connectivity index is 1.17. The van der Waals surface area contributed by atoms with Crippen molar-refractivity contribution in [2.24, 2.45) is 5.92 Å². The molecule has 7 nitrogen and oxygen atoms in total. The zero-order chi connectivity index (χ0) is 23.7. The van der Waals surface area contributed by atoms with Crippen LogP contribution in [0.1, 0.15) is 73.7 Å². The number of hydrogen-bond acceptors (Lipinski definition) is 5. The summed E-state index contributed by atoms with van der Waals surface area (Å²) in [5.41, 5.74) is 2.35. The fourth-order valence-electron chi connectivity index (χ4n) is 6.07. The zero-order valence-corrected chi connectivity index (χ0v) is 20.2. The Morgan fingerprint density at radius 3 is 2.71 bits per heavy atom. The number of piperidine rings is 1. The Kier molecular flexibility index (Phi) is 6.93. The van der Waals surface area contributed by atoms with Crippen molar-refractivity contribution in [2.45, 2.75) is 88.6 Å². The molecule has 1 unspecified atom stereocenters.